The third-order valence-corrected chi connectivity index (χ3v) is 4.14. The first-order valence-corrected chi connectivity index (χ1v) is 7.28. The predicted molar refractivity (Wildman–Crippen MR) is 76.3 cm³/mol. The number of carbonyl (C=O) groups is 2. The summed E-state index contributed by atoms with van der Waals surface area (Å²) < 4.78 is 13.1. The van der Waals surface area contributed by atoms with Gasteiger partial charge in [0.2, 0.25) is 5.91 Å². The Balaban J connectivity index is 2.08. The van der Waals surface area contributed by atoms with Gasteiger partial charge in [0.25, 0.3) is 0 Å². The minimum Gasteiger partial charge on any atom is -0.480 e. The van der Waals surface area contributed by atoms with Crippen LogP contribution >= 0.6 is 0 Å². The first kappa shape index (κ1) is 15.5. The van der Waals surface area contributed by atoms with Crippen LogP contribution in [0, 0.1) is 11.7 Å². The van der Waals surface area contributed by atoms with Crippen molar-refractivity contribution in [2.45, 2.75) is 38.6 Å². The van der Waals surface area contributed by atoms with E-state index in [9.17, 15) is 19.1 Å². The molecular weight excluding hydrogens is 273 g/mol. The molecule has 1 N–H and O–H groups in total. The second kappa shape index (κ2) is 6.70. The van der Waals surface area contributed by atoms with Crippen LogP contribution in [-0.2, 0) is 16.0 Å². The molecule has 0 radical (unpaired) electrons. The number of benzene rings is 1. The van der Waals surface area contributed by atoms with Crippen LogP contribution in [-0.4, -0.2) is 34.5 Å². The Kier molecular flexibility index (Phi) is 4.94. The number of amides is 1. The lowest BCUT2D eigenvalue weighted by molar-refractivity contribution is -0.152. The molecule has 1 aliphatic heterocycles. The minimum absolute atomic E-state index is 0.0400. The molecular formula is C16H20FNO3. The fraction of sp³-hybridized carbons (Fsp3) is 0.500. The lowest BCUT2D eigenvalue weighted by Gasteiger charge is -2.37. The van der Waals surface area contributed by atoms with Gasteiger partial charge in [0.05, 0.1) is 6.42 Å². The second-order valence-electron chi connectivity index (χ2n) is 5.55. The van der Waals surface area contributed by atoms with Crippen molar-refractivity contribution in [3.8, 4) is 0 Å². The molecule has 1 fully saturated rings. The summed E-state index contributed by atoms with van der Waals surface area (Å²) in [7, 11) is 0. The van der Waals surface area contributed by atoms with Crippen molar-refractivity contribution in [3.63, 3.8) is 0 Å². The number of likely N-dealkylation sites (tertiary alicyclic amines) is 1. The molecule has 0 bridgehead atoms. The van der Waals surface area contributed by atoms with Gasteiger partial charge in [0.15, 0.2) is 0 Å². The van der Waals surface area contributed by atoms with E-state index in [-0.39, 0.29) is 18.1 Å². The van der Waals surface area contributed by atoms with Gasteiger partial charge in [0.1, 0.15) is 11.9 Å². The summed E-state index contributed by atoms with van der Waals surface area (Å²) >= 11 is 0. The molecule has 21 heavy (non-hydrogen) atoms. The zero-order chi connectivity index (χ0) is 15.4. The van der Waals surface area contributed by atoms with Gasteiger partial charge in [-0.15, -0.1) is 0 Å². The van der Waals surface area contributed by atoms with Crippen LogP contribution in [0.4, 0.5) is 4.39 Å². The van der Waals surface area contributed by atoms with Crippen molar-refractivity contribution in [1.82, 2.24) is 4.90 Å². The van der Waals surface area contributed by atoms with Crippen LogP contribution in [0.25, 0.3) is 0 Å². The Hall–Kier alpha value is -1.91. The highest BCUT2D eigenvalue weighted by molar-refractivity contribution is 5.85. The number of carbonyl (C=O) groups excluding carboxylic acids is 1. The van der Waals surface area contributed by atoms with Crippen molar-refractivity contribution in [3.05, 3.63) is 35.6 Å². The molecule has 0 aliphatic carbocycles. The van der Waals surface area contributed by atoms with Crippen LogP contribution in [0.2, 0.25) is 0 Å². The van der Waals surface area contributed by atoms with Gasteiger partial charge < -0.3 is 10.0 Å². The Bertz CT molecular complexity index is 532. The zero-order valence-corrected chi connectivity index (χ0v) is 12.1. The molecule has 1 saturated heterocycles. The van der Waals surface area contributed by atoms with Crippen molar-refractivity contribution in [2.24, 2.45) is 5.92 Å². The summed E-state index contributed by atoms with van der Waals surface area (Å²) in [5.41, 5.74) is 0.571. The van der Waals surface area contributed by atoms with E-state index in [1.807, 2.05) is 6.92 Å². The van der Waals surface area contributed by atoms with Gasteiger partial charge in [0, 0.05) is 6.54 Å². The standard InChI is InChI=1S/C16H20FNO3/c1-2-11-6-7-18(14(9-11)16(20)21)15(19)10-12-4-3-5-13(17)8-12/h3-5,8,11,14H,2,6-7,9-10H2,1H3,(H,20,21). The van der Waals surface area contributed by atoms with Gasteiger partial charge in [-0.2, -0.15) is 0 Å². The van der Waals surface area contributed by atoms with E-state index in [4.69, 9.17) is 0 Å². The van der Waals surface area contributed by atoms with Crippen molar-refractivity contribution in [1.29, 1.82) is 0 Å². The Labute approximate surface area is 123 Å². The van der Waals surface area contributed by atoms with Crippen LogP contribution in [0.1, 0.15) is 31.7 Å². The molecule has 114 valence electrons. The van der Waals surface area contributed by atoms with E-state index in [2.05, 4.69) is 0 Å². The molecule has 1 aromatic carbocycles. The van der Waals surface area contributed by atoms with Crippen molar-refractivity contribution in [2.75, 3.05) is 6.54 Å². The third-order valence-electron chi connectivity index (χ3n) is 4.14. The average molecular weight is 293 g/mol. The highest BCUT2D eigenvalue weighted by Gasteiger charge is 2.35. The highest BCUT2D eigenvalue weighted by atomic mass is 19.1. The quantitative estimate of drug-likeness (QED) is 0.927. The molecule has 0 spiro atoms. The number of carboxylic acids is 1. The van der Waals surface area contributed by atoms with E-state index < -0.39 is 12.0 Å². The number of halogens is 1. The molecule has 1 amide bonds. The summed E-state index contributed by atoms with van der Waals surface area (Å²) in [5.74, 6) is -1.24. The van der Waals surface area contributed by atoms with E-state index in [1.165, 1.54) is 17.0 Å². The number of nitrogens with zero attached hydrogens (tertiary/aromatic N) is 1. The lowest BCUT2D eigenvalue weighted by Crippen LogP contribution is -2.50. The molecule has 1 aliphatic rings. The highest BCUT2D eigenvalue weighted by Crippen LogP contribution is 2.26. The monoisotopic (exact) mass is 293 g/mol. The maximum absolute atomic E-state index is 13.1. The first-order chi connectivity index (χ1) is 10.0. The van der Waals surface area contributed by atoms with E-state index in [0.29, 0.717) is 24.4 Å². The number of hydrogen-bond acceptors (Lipinski definition) is 2. The number of rotatable bonds is 4. The Morgan fingerprint density at radius 3 is 2.81 bits per heavy atom. The molecule has 2 unspecified atom stereocenters. The largest absolute Gasteiger partial charge is 0.480 e. The summed E-state index contributed by atoms with van der Waals surface area (Å²) in [4.78, 5) is 25.1. The first-order valence-electron chi connectivity index (χ1n) is 7.28. The topological polar surface area (TPSA) is 57.6 Å². The number of aliphatic carboxylic acids is 1. The Morgan fingerprint density at radius 2 is 2.19 bits per heavy atom. The SMILES string of the molecule is CCC1CCN(C(=O)Cc2cccc(F)c2)C(C(=O)O)C1. The summed E-state index contributed by atoms with van der Waals surface area (Å²) in [5, 5.41) is 9.33. The Morgan fingerprint density at radius 1 is 1.43 bits per heavy atom. The molecule has 1 aromatic rings. The molecule has 4 nitrogen and oxygen atoms in total. The fourth-order valence-electron chi connectivity index (χ4n) is 2.86. The fourth-order valence-corrected chi connectivity index (χ4v) is 2.86. The van der Waals surface area contributed by atoms with Gasteiger partial charge in [-0.3, -0.25) is 4.79 Å². The van der Waals surface area contributed by atoms with Gasteiger partial charge in [-0.1, -0.05) is 25.5 Å². The maximum Gasteiger partial charge on any atom is 0.326 e. The van der Waals surface area contributed by atoms with Crippen LogP contribution < -0.4 is 0 Å². The predicted octanol–water partition coefficient (Wildman–Crippen LogP) is 2.47. The van der Waals surface area contributed by atoms with Gasteiger partial charge >= 0.3 is 5.97 Å². The normalized spacial score (nSPS) is 22.1. The third kappa shape index (κ3) is 3.80. The average Bonchev–Trinajstić information content (AvgIpc) is 2.46. The second-order valence-corrected chi connectivity index (χ2v) is 5.55. The van der Waals surface area contributed by atoms with Crippen LogP contribution in [0.15, 0.2) is 24.3 Å². The van der Waals surface area contributed by atoms with E-state index in [0.717, 1.165) is 12.8 Å². The molecule has 0 aromatic heterocycles. The number of piperidine rings is 1. The maximum atomic E-state index is 13.1. The van der Waals surface area contributed by atoms with Crippen molar-refractivity contribution < 1.29 is 19.1 Å². The molecule has 2 atom stereocenters. The summed E-state index contributed by atoms with van der Waals surface area (Å²) in [6.45, 7) is 2.50. The smallest absolute Gasteiger partial charge is 0.326 e. The molecule has 2 rings (SSSR count). The summed E-state index contributed by atoms with van der Waals surface area (Å²) in [6, 6.07) is 5.10. The molecule has 1 heterocycles. The molecule has 0 saturated carbocycles. The van der Waals surface area contributed by atoms with E-state index in [1.54, 1.807) is 12.1 Å². The summed E-state index contributed by atoms with van der Waals surface area (Å²) in [6.07, 6.45) is 2.30. The van der Waals surface area contributed by atoms with Gasteiger partial charge in [-0.25, -0.2) is 9.18 Å². The van der Waals surface area contributed by atoms with Crippen LogP contribution in [0.5, 0.6) is 0 Å². The van der Waals surface area contributed by atoms with Gasteiger partial charge in [-0.05, 0) is 36.5 Å². The number of hydrogen-bond donors (Lipinski definition) is 1. The lowest BCUT2D eigenvalue weighted by atomic mass is 9.88. The minimum atomic E-state index is -0.958. The van der Waals surface area contributed by atoms with E-state index >= 15 is 0 Å². The van der Waals surface area contributed by atoms with Crippen molar-refractivity contribution >= 4 is 11.9 Å². The van der Waals surface area contributed by atoms with Crippen LogP contribution in [0.3, 0.4) is 0 Å². The number of carboxylic acid groups (broad SMARTS) is 1. The molecule has 5 heteroatoms. The zero-order valence-electron chi connectivity index (χ0n) is 12.1.